The molecule has 0 aliphatic carbocycles. The van der Waals surface area contributed by atoms with Crippen molar-refractivity contribution in [2.24, 2.45) is 10.8 Å². The summed E-state index contributed by atoms with van der Waals surface area (Å²) in [4.78, 5) is 0. The van der Waals surface area contributed by atoms with Crippen molar-refractivity contribution in [3.8, 4) is 0 Å². The number of thiocarbonyl (C=S) groups is 1. The summed E-state index contributed by atoms with van der Waals surface area (Å²) >= 11 is 4.61. The predicted molar refractivity (Wildman–Crippen MR) is 57.2 cm³/mol. The van der Waals surface area contributed by atoms with Gasteiger partial charge in [-0.3, -0.25) is 5.43 Å². The van der Waals surface area contributed by atoms with Crippen LogP contribution in [0.3, 0.4) is 0 Å². The molecule has 0 aliphatic heterocycles. The minimum atomic E-state index is 0.227. The molecule has 12 heavy (non-hydrogen) atoms. The van der Waals surface area contributed by atoms with Crippen LogP contribution in [0.2, 0.25) is 0 Å². The smallest absolute Gasteiger partial charge is 0.184 e. The minimum absolute atomic E-state index is 0.227. The van der Waals surface area contributed by atoms with Gasteiger partial charge in [0.25, 0.3) is 0 Å². The van der Waals surface area contributed by atoms with Crippen molar-refractivity contribution < 1.29 is 0 Å². The second kappa shape index (κ2) is 7.03. The second-order valence-electron chi connectivity index (χ2n) is 2.78. The lowest BCUT2D eigenvalue weighted by molar-refractivity contribution is 0.738. The lowest BCUT2D eigenvalue weighted by Crippen LogP contribution is -2.25. The molecule has 0 bridgehead atoms. The zero-order valence-electron chi connectivity index (χ0n) is 7.76. The van der Waals surface area contributed by atoms with E-state index in [1.807, 2.05) is 6.92 Å². The van der Waals surface area contributed by atoms with Crippen LogP contribution in [0.1, 0.15) is 39.5 Å². The fraction of sp³-hybridized carbons (Fsp3) is 0.750. The number of hydrazone groups is 1. The molecule has 0 aromatic heterocycles. The third kappa shape index (κ3) is 7.47. The summed E-state index contributed by atoms with van der Waals surface area (Å²) in [5.74, 6) is 0. The molecule has 0 radical (unpaired) electrons. The fourth-order valence-corrected chi connectivity index (χ4v) is 0.883. The molecule has 3 nitrogen and oxygen atoms in total. The molecule has 0 rings (SSSR count). The largest absolute Gasteiger partial charge is 0.375 e. The van der Waals surface area contributed by atoms with E-state index >= 15 is 0 Å². The summed E-state index contributed by atoms with van der Waals surface area (Å²) in [5, 5.41) is 4.22. The molecule has 0 aromatic rings. The van der Waals surface area contributed by atoms with Gasteiger partial charge in [-0.25, -0.2) is 0 Å². The fourth-order valence-electron chi connectivity index (χ4n) is 0.837. The highest BCUT2D eigenvalue weighted by atomic mass is 32.1. The van der Waals surface area contributed by atoms with Gasteiger partial charge in [-0.1, -0.05) is 19.8 Å². The molecule has 3 N–H and O–H groups in total. The van der Waals surface area contributed by atoms with E-state index in [1.54, 1.807) is 0 Å². The van der Waals surface area contributed by atoms with Gasteiger partial charge in [0, 0.05) is 5.71 Å². The third-order valence-corrected chi connectivity index (χ3v) is 1.59. The maximum atomic E-state index is 5.21. The van der Waals surface area contributed by atoms with E-state index < -0.39 is 0 Å². The maximum absolute atomic E-state index is 5.21. The summed E-state index contributed by atoms with van der Waals surface area (Å²) in [6, 6.07) is 0. The van der Waals surface area contributed by atoms with Gasteiger partial charge < -0.3 is 5.73 Å². The maximum Gasteiger partial charge on any atom is 0.184 e. The Morgan fingerprint density at radius 1 is 1.50 bits per heavy atom. The highest BCUT2D eigenvalue weighted by molar-refractivity contribution is 7.80. The van der Waals surface area contributed by atoms with Crippen molar-refractivity contribution in [1.29, 1.82) is 0 Å². The lowest BCUT2D eigenvalue weighted by atomic mass is 10.1. The van der Waals surface area contributed by atoms with Gasteiger partial charge in [0.15, 0.2) is 5.11 Å². The van der Waals surface area contributed by atoms with Gasteiger partial charge in [-0.2, -0.15) is 5.10 Å². The van der Waals surface area contributed by atoms with Crippen molar-refractivity contribution in [2.75, 3.05) is 0 Å². The van der Waals surface area contributed by atoms with Gasteiger partial charge in [0.05, 0.1) is 0 Å². The van der Waals surface area contributed by atoms with E-state index in [-0.39, 0.29) is 5.11 Å². The van der Waals surface area contributed by atoms with Crippen LogP contribution in [0.15, 0.2) is 5.10 Å². The highest BCUT2D eigenvalue weighted by Crippen LogP contribution is 1.99. The zero-order chi connectivity index (χ0) is 9.40. The van der Waals surface area contributed by atoms with E-state index in [1.165, 1.54) is 19.3 Å². The van der Waals surface area contributed by atoms with Crippen LogP contribution < -0.4 is 11.2 Å². The summed E-state index contributed by atoms with van der Waals surface area (Å²) in [5.41, 5.74) is 8.83. The summed E-state index contributed by atoms with van der Waals surface area (Å²) < 4.78 is 0. The Bertz CT molecular complexity index is 166. The van der Waals surface area contributed by atoms with Crippen molar-refractivity contribution in [3.63, 3.8) is 0 Å². The summed E-state index contributed by atoms with van der Waals surface area (Å²) in [7, 11) is 0. The third-order valence-electron chi connectivity index (χ3n) is 1.50. The van der Waals surface area contributed by atoms with Crippen molar-refractivity contribution >= 4 is 23.0 Å². The van der Waals surface area contributed by atoms with E-state index in [4.69, 9.17) is 5.73 Å². The first-order valence-electron chi connectivity index (χ1n) is 4.25. The number of nitrogens with two attached hydrogens (primary N) is 1. The van der Waals surface area contributed by atoms with Gasteiger partial charge in [-0.15, -0.1) is 0 Å². The van der Waals surface area contributed by atoms with E-state index in [0.29, 0.717) is 0 Å². The molecule has 0 aliphatic rings. The molecular formula is C8H17N3S. The van der Waals surface area contributed by atoms with Crippen molar-refractivity contribution in [1.82, 2.24) is 5.43 Å². The van der Waals surface area contributed by atoms with Crippen LogP contribution in [-0.4, -0.2) is 10.8 Å². The molecule has 0 amide bonds. The van der Waals surface area contributed by atoms with Crippen LogP contribution in [0.5, 0.6) is 0 Å². The Hall–Kier alpha value is -0.640. The van der Waals surface area contributed by atoms with Crippen LogP contribution in [-0.2, 0) is 0 Å². The van der Waals surface area contributed by atoms with Gasteiger partial charge in [0.2, 0.25) is 0 Å². The lowest BCUT2D eigenvalue weighted by Gasteiger charge is -2.00. The molecule has 4 heteroatoms. The first-order chi connectivity index (χ1) is 5.66. The quantitative estimate of drug-likeness (QED) is 0.298. The molecule has 0 fully saturated rings. The van der Waals surface area contributed by atoms with Gasteiger partial charge >= 0.3 is 0 Å². The molecular weight excluding hydrogens is 170 g/mol. The van der Waals surface area contributed by atoms with Crippen molar-refractivity contribution in [3.05, 3.63) is 0 Å². The molecule has 70 valence electrons. The molecule has 0 aromatic carbocycles. The standard InChI is InChI=1S/C8H17N3S/c1-3-4-5-6-7(2)10-11-8(9)12/h3-6H2,1-2H3,(H3,9,11,12)/b10-7-. The Balaban J connectivity index is 3.49. The number of hydrogen-bond acceptors (Lipinski definition) is 2. The van der Waals surface area contributed by atoms with Crippen molar-refractivity contribution in [2.45, 2.75) is 39.5 Å². The SMILES string of the molecule is CCCCC/C(C)=N\NC(N)=S. The number of nitrogens with one attached hydrogen (secondary N) is 1. The molecule has 0 unspecified atom stereocenters. The first kappa shape index (κ1) is 11.4. The average molecular weight is 187 g/mol. The molecule has 0 saturated carbocycles. The van der Waals surface area contributed by atoms with E-state index in [0.717, 1.165) is 12.1 Å². The normalized spacial score (nSPS) is 11.3. The van der Waals surface area contributed by atoms with Gasteiger partial charge in [-0.05, 0) is 32.0 Å². The number of rotatable bonds is 5. The highest BCUT2D eigenvalue weighted by Gasteiger charge is 1.91. The van der Waals surface area contributed by atoms with Crippen LogP contribution >= 0.6 is 12.2 Å². The Morgan fingerprint density at radius 3 is 2.67 bits per heavy atom. The average Bonchev–Trinajstić information content (AvgIpc) is 2.01. The van der Waals surface area contributed by atoms with Crippen LogP contribution in [0.25, 0.3) is 0 Å². The van der Waals surface area contributed by atoms with Gasteiger partial charge in [0.1, 0.15) is 0 Å². The van der Waals surface area contributed by atoms with E-state index in [2.05, 4.69) is 29.7 Å². The number of nitrogens with zero attached hydrogens (tertiary/aromatic N) is 1. The minimum Gasteiger partial charge on any atom is -0.375 e. The topological polar surface area (TPSA) is 50.4 Å². The first-order valence-corrected chi connectivity index (χ1v) is 4.66. The molecule has 0 saturated heterocycles. The number of unbranched alkanes of at least 4 members (excludes halogenated alkanes) is 2. The molecule has 0 heterocycles. The summed E-state index contributed by atoms with van der Waals surface area (Å²) in [6.45, 7) is 4.15. The molecule has 0 atom stereocenters. The van der Waals surface area contributed by atoms with Crippen LogP contribution in [0.4, 0.5) is 0 Å². The molecule has 0 spiro atoms. The van der Waals surface area contributed by atoms with E-state index in [9.17, 15) is 0 Å². The second-order valence-corrected chi connectivity index (χ2v) is 3.22. The zero-order valence-corrected chi connectivity index (χ0v) is 8.58. The monoisotopic (exact) mass is 187 g/mol. The Kier molecular flexibility index (Phi) is 6.66. The number of hydrogen-bond donors (Lipinski definition) is 2. The Labute approximate surface area is 79.4 Å². The Morgan fingerprint density at radius 2 is 2.17 bits per heavy atom. The predicted octanol–water partition coefficient (Wildman–Crippen LogP) is 1.78. The van der Waals surface area contributed by atoms with Crippen LogP contribution in [0, 0.1) is 0 Å². The summed E-state index contributed by atoms with van der Waals surface area (Å²) in [6.07, 6.45) is 4.68.